The molecular weight excluding hydrogens is 276 g/mol. The fourth-order valence-electron chi connectivity index (χ4n) is 1.11. The summed E-state index contributed by atoms with van der Waals surface area (Å²) in [6, 6.07) is -1.10. The van der Waals surface area contributed by atoms with Crippen LogP contribution in [0.4, 0.5) is 0 Å². The van der Waals surface area contributed by atoms with Crippen LogP contribution in [0.3, 0.4) is 0 Å². The van der Waals surface area contributed by atoms with Crippen LogP contribution in [-0.4, -0.2) is 83.7 Å². The van der Waals surface area contributed by atoms with E-state index in [1.807, 2.05) is 0 Å². The lowest BCUT2D eigenvalue weighted by Crippen LogP contribution is -2.38. The van der Waals surface area contributed by atoms with E-state index in [4.69, 9.17) is 10.2 Å². The van der Waals surface area contributed by atoms with Gasteiger partial charge in [0, 0.05) is 11.5 Å². The average Bonchev–Trinajstić information content (AvgIpc) is 2.20. The van der Waals surface area contributed by atoms with E-state index in [0.717, 1.165) is 0 Å². The van der Waals surface area contributed by atoms with Crippen molar-refractivity contribution < 1.29 is 19.8 Å². The van der Waals surface area contributed by atoms with E-state index in [0.29, 0.717) is 11.5 Å². The van der Waals surface area contributed by atoms with Crippen LogP contribution in [0.25, 0.3) is 0 Å². The Morgan fingerprint density at radius 2 is 1.17 bits per heavy atom. The molecule has 0 spiro atoms. The molecule has 0 aliphatic heterocycles. The van der Waals surface area contributed by atoms with Crippen molar-refractivity contribution in [1.29, 1.82) is 0 Å². The molecule has 0 rings (SSSR count). The maximum absolute atomic E-state index is 10.9. The third-order valence-electron chi connectivity index (χ3n) is 2.35. The minimum atomic E-state index is -0.865. The number of hydrogen-bond donors (Lipinski definition) is 2. The van der Waals surface area contributed by atoms with Gasteiger partial charge in [-0.05, 0) is 28.2 Å². The Morgan fingerprint density at radius 1 is 0.889 bits per heavy atom. The Bertz CT molecular complexity index is 259. The topological polar surface area (TPSA) is 81.1 Å². The molecule has 0 fully saturated rings. The van der Waals surface area contributed by atoms with Crippen molar-refractivity contribution in [2.24, 2.45) is 0 Å². The summed E-state index contributed by atoms with van der Waals surface area (Å²) in [5.41, 5.74) is 0. The molecular formula is C10H20N2O4S2. The highest BCUT2D eigenvalue weighted by Crippen LogP contribution is 2.24. The van der Waals surface area contributed by atoms with E-state index in [-0.39, 0.29) is 0 Å². The molecule has 8 heteroatoms. The van der Waals surface area contributed by atoms with Crippen molar-refractivity contribution in [2.45, 2.75) is 12.1 Å². The number of carboxylic acids is 2. The number of carboxylic acid groups (broad SMARTS) is 2. The van der Waals surface area contributed by atoms with E-state index < -0.39 is 24.0 Å². The van der Waals surface area contributed by atoms with Crippen molar-refractivity contribution in [3.05, 3.63) is 0 Å². The summed E-state index contributed by atoms with van der Waals surface area (Å²) in [6.07, 6.45) is 0. The molecule has 2 N–H and O–H groups in total. The minimum absolute atomic E-state index is 0.423. The van der Waals surface area contributed by atoms with Crippen molar-refractivity contribution in [3.63, 3.8) is 0 Å². The van der Waals surface area contributed by atoms with Gasteiger partial charge in [0.2, 0.25) is 0 Å². The zero-order valence-corrected chi connectivity index (χ0v) is 12.6. The van der Waals surface area contributed by atoms with Gasteiger partial charge in [0.25, 0.3) is 0 Å². The molecule has 6 nitrogen and oxygen atoms in total. The average molecular weight is 296 g/mol. The first-order valence-corrected chi connectivity index (χ1v) is 7.79. The van der Waals surface area contributed by atoms with Crippen molar-refractivity contribution in [1.82, 2.24) is 9.80 Å². The zero-order valence-electron chi connectivity index (χ0n) is 11.0. The minimum Gasteiger partial charge on any atom is -0.480 e. The van der Waals surface area contributed by atoms with E-state index in [1.165, 1.54) is 21.6 Å². The van der Waals surface area contributed by atoms with Crippen LogP contribution in [0, 0.1) is 0 Å². The molecule has 2 atom stereocenters. The smallest absolute Gasteiger partial charge is 0.321 e. The first-order chi connectivity index (χ1) is 8.27. The van der Waals surface area contributed by atoms with Gasteiger partial charge in [0.05, 0.1) is 0 Å². The third-order valence-corrected chi connectivity index (χ3v) is 4.74. The van der Waals surface area contributed by atoms with Gasteiger partial charge in [-0.1, -0.05) is 21.6 Å². The van der Waals surface area contributed by atoms with Crippen LogP contribution in [0.2, 0.25) is 0 Å². The van der Waals surface area contributed by atoms with Gasteiger partial charge in [-0.15, -0.1) is 0 Å². The summed E-state index contributed by atoms with van der Waals surface area (Å²) in [6.45, 7) is 0. The number of nitrogens with zero attached hydrogens (tertiary/aromatic N) is 2. The molecule has 106 valence electrons. The highest BCUT2D eigenvalue weighted by molar-refractivity contribution is 8.76. The lowest BCUT2D eigenvalue weighted by molar-refractivity contribution is -0.142. The predicted molar refractivity (Wildman–Crippen MR) is 75.1 cm³/mol. The van der Waals surface area contributed by atoms with Crippen molar-refractivity contribution in [2.75, 3.05) is 39.7 Å². The Kier molecular flexibility index (Phi) is 8.41. The molecule has 0 heterocycles. The van der Waals surface area contributed by atoms with Crippen LogP contribution in [0.1, 0.15) is 0 Å². The molecule has 2 unspecified atom stereocenters. The maximum Gasteiger partial charge on any atom is 0.321 e. The molecule has 0 aromatic rings. The predicted octanol–water partition coefficient (Wildman–Crippen LogP) is 0.397. The van der Waals surface area contributed by atoms with Gasteiger partial charge < -0.3 is 10.2 Å². The van der Waals surface area contributed by atoms with Crippen LogP contribution < -0.4 is 0 Å². The zero-order chi connectivity index (χ0) is 14.3. The van der Waals surface area contributed by atoms with Gasteiger partial charge in [-0.2, -0.15) is 0 Å². The van der Waals surface area contributed by atoms with Crippen LogP contribution in [-0.2, 0) is 9.59 Å². The third kappa shape index (κ3) is 6.48. The molecule has 0 aliphatic carbocycles. The monoisotopic (exact) mass is 296 g/mol. The Morgan fingerprint density at radius 3 is 1.33 bits per heavy atom. The summed E-state index contributed by atoms with van der Waals surface area (Å²) in [7, 11) is 9.62. The number of hydrogen-bond acceptors (Lipinski definition) is 6. The number of likely N-dealkylation sites (N-methyl/N-ethyl adjacent to an activating group) is 2. The summed E-state index contributed by atoms with van der Waals surface area (Å²) in [5.74, 6) is -0.884. The highest BCUT2D eigenvalue weighted by Gasteiger charge is 2.22. The van der Waals surface area contributed by atoms with Crippen molar-refractivity contribution >= 4 is 33.5 Å². The number of carbonyl (C=O) groups is 2. The van der Waals surface area contributed by atoms with Crippen LogP contribution in [0.5, 0.6) is 0 Å². The van der Waals surface area contributed by atoms with E-state index >= 15 is 0 Å². The lowest BCUT2D eigenvalue weighted by atomic mass is 10.3. The Balaban J connectivity index is 4.04. The number of rotatable bonds is 9. The molecule has 0 saturated heterocycles. The second-order valence-corrected chi connectivity index (χ2v) is 6.76. The van der Waals surface area contributed by atoms with E-state index in [1.54, 1.807) is 38.0 Å². The maximum atomic E-state index is 10.9. The van der Waals surface area contributed by atoms with E-state index in [2.05, 4.69) is 0 Å². The Hall–Kier alpha value is -0.440. The molecule has 0 radical (unpaired) electrons. The molecule has 0 saturated carbocycles. The summed E-state index contributed by atoms with van der Waals surface area (Å²) < 4.78 is 0. The van der Waals surface area contributed by atoms with Crippen molar-refractivity contribution in [3.8, 4) is 0 Å². The summed E-state index contributed by atoms with van der Waals surface area (Å²) in [5, 5.41) is 17.9. The van der Waals surface area contributed by atoms with Gasteiger partial charge in [0.15, 0.2) is 0 Å². The van der Waals surface area contributed by atoms with Crippen LogP contribution in [0.15, 0.2) is 0 Å². The van der Waals surface area contributed by atoms with Gasteiger partial charge in [-0.3, -0.25) is 19.4 Å². The van der Waals surface area contributed by atoms with Crippen LogP contribution >= 0.6 is 21.6 Å². The highest BCUT2D eigenvalue weighted by atomic mass is 33.1. The van der Waals surface area contributed by atoms with E-state index in [9.17, 15) is 9.59 Å². The molecule has 0 amide bonds. The number of aliphatic carboxylic acids is 2. The molecule has 0 bridgehead atoms. The molecule has 0 aromatic carbocycles. The summed E-state index contributed by atoms with van der Waals surface area (Å²) >= 11 is 0. The lowest BCUT2D eigenvalue weighted by Gasteiger charge is -2.21. The largest absolute Gasteiger partial charge is 0.480 e. The summed E-state index contributed by atoms with van der Waals surface area (Å²) in [4.78, 5) is 25.1. The SMILES string of the molecule is CN(C)C(CSSCC(C(=O)O)N(C)C)C(=O)O. The quantitative estimate of drug-likeness (QED) is 0.467. The molecule has 0 aromatic heterocycles. The fraction of sp³-hybridized carbons (Fsp3) is 0.800. The standard InChI is InChI=1S/C10H20N2O4S2/c1-11(2)7(9(13)14)5-17-18-6-8(10(15)16)12(3)4/h7-8H,5-6H2,1-4H3,(H,13,14)(H,15,16). The van der Waals surface area contributed by atoms with Gasteiger partial charge >= 0.3 is 11.9 Å². The second kappa shape index (κ2) is 8.63. The normalized spacial score (nSPS) is 14.8. The Labute approximate surface area is 115 Å². The van der Waals surface area contributed by atoms with Gasteiger partial charge in [0.1, 0.15) is 12.1 Å². The second-order valence-electron chi connectivity index (χ2n) is 4.20. The fourth-order valence-corrected chi connectivity index (χ4v) is 3.79. The first-order valence-electron chi connectivity index (χ1n) is 5.30. The molecule has 0 aliphatic rings. The van der Waals surface area contributed by atoms with Gasteiger partial charge in [-0.25, -0.2) is 0 Å². The first kappa shape index (κ1) is 17.6. The molecule has 18 heavy (non-hydrogen) atoms.